The summed E-state index contributed by atoms with van der Waals surface area (Å²) in [6.45, 7) is 0. The molecule has 0 aromatic heterocycles. The molecule has 1 atom stereocenters. The van der Waals surface area contributed by atoms with Crippen molar-refractivity contribution < 1.29 is 13.2 Å². The van der Waals surface area contributed by atoms with Crippen LogP contribution in [0, 0.1) is 5.82 Å². The maximum absolute atomic E-state index is 12.8. The highest BCUT2D eigenvalue weighted by Gasteiger charge is 1.98. The van der Waals surface area contributed by atoms with Gasteiger partial charge in [0.05, 0.1) is 0 Å². The Labute approximate surface area is 89.4 Å². The number of nitrogen functional groups attached to an aromatic ring is 1. The third-order valence-electron chi connectivity index (χ3n) is 1.73. The van der Waals surface area contributed by atoms with E-state index in [0.717, 1.165) is 0 Å². The Morgan fingerprint density at radius 3 is 3.00 bits per heavy atom. The first-order valence-electron chi connectivity index (χ1n) is 4.15. The molecule has 0 aliphatic heterocycles. The minimum absolute atomic E-state index is 0.355. The van der Waals surface area contributed by atoms with E-state index in [2.05, 4.69) is 4.72 Å². The highest BCUT2D eigenvalue weighted by Crippen LogP contribution is 2.13. The Morgan fingerprint density at radius 1 is 1.60 bits per heavy atom. The van der Waals surface area contributed by atoms with Gasteiger partial charge in [0, 0.05) is 11.9 Å². The molecule has 1 aromatic rings. The normalized spacial score (nSPS) is 12.9. The van der Waals surface area contributed by atoms with Crippen molar-refractivity contribution in [2.75, 3.05) is 5.73 Å². The summed E-state index contributed by atoms with van der Waals surface area (Å²) in [6, 6.07) is 4.09. The number of nitrogens with two attached hydrogens (primary N) is 1. The van der Waals surface area contributed by atoms with Crippen molar-refractivity contribution in [2.24, 2.45) is 0 Å². The van der Waals surface area contributed by atoms with Gasteiger partial charge < -0.3 is 5.73 Å². The predicted molar refractivity (Wildman–Crippen MR) is 57.6 cm³/mol. The van der Waals surface area contributed by atoms with Crippen molar-refractivity contribution >= 4 is 17.0 Å². The summed E-state index contributed by atoms with van der Waals surface area (Å²) in [4.78, 5) is 0. The summed E-state index contributed by atoms with van der Waals surface area (Å²) in [7, 11) is 0. The Morgan fingerprint density at radius 2 is 2.33 bits per heavy atom. The van der Waals surface area contributed by atoms with E-state index in [1.54, 1.807) is 6.08 Å². The molecule has 4 N–H and O–H groups in total. The lowest BCUT2D eigenvalue weighted by atomic mass is 10.1. The topological polar surface area (TPSA) is 75.3 Å². The summed E-state index contributed by atoms with van der Waals surface area (Å²) in [5.74, 6) is -0.355. The summed E-state index contributed by atoms with van der Waals surface area (Å²) < 4.78 is 33.5. The van der Waals surface area contributed by atoms with Gasteiger partial charge >= 0.3 is 0 Å². The van der Waals surface area contributed by atoms with Crippen LogP contribution < -0.4 is 10.5 Å². The molecule has 0 heterocycles. The van der Waals surface area contributed by atoms with E-state index in [1.807, 2.05) is 0 Å². The Bertz CT molecular complexity index is 396. The molecule has 82 valence electrons. The molecular formula is C9H11FN2O2S. The highest BCUT2D eigenvalue weighted by molar-refractivity contribution is 7.77. The molecule has 4 nitrogen and oxygen atoms in total. The summed E-state index contributed by atoms with van der Waals surface area (Å²) in [6.07, 6.45) is 3.30. The van der Waals surface area contributed by atoms with Gasteiger partial charge in [-0.2, -0.15) is 0 Å². The number of allylic oxidation sites excluding steroid dienone is 1. The monoisotopic (exact) mass is 230 g/mol. The van der Waals surface area contributed by atoms with Gasteiger partial charge in [0.1, 0.15) is 5.82 Å². The van der Waals surface area contributed by atoms with E-state index in [0.29, 0.717) is 17.7 Å². The van der Waals surface area contributed by atoms with Gasteiger partial charge in [0.25, 0.3) is 11.3 Å². The number of nitrogens with one attached hydrogen (secondary N) is 1. The van der Waals surface area contributed by atoms with Crippen LogP contribution in [0.4, 0.5) is 10.1 Å². The number of hydrogen-bond acceptors (Lipinski definition) is 2. The molecule has 1 aromatic carbocycles. The lowest BCUT2D eigenvalue weighted by Crippen LogP contribution is -2.07. The molecule has 0 aliphatic carbocycles. The molecular weight excluding hydrogens is 219 g/mol. The molecule has 6 heteroatoms. The second kappa shape index (κ2) is 5.47. The largest absolute Gasteiger partial charge is 0.398 e. The van der Waals surface area contributed by atoms with Crippen LogP contribution in [0.25, 0.3) is 0 Å². The van der Waals surface area contributed by atoms with E-state index in [1.165, 1.54) is 24.4 Å². The van der Waals surface area contributed by atoms with Crippen molar-refractivity contribution in [1.29, 1.82) is 0 Å². The van der Waals surface area contributed by atoms with Gasteiger partial charge in [0.2, 0.25) is 0 Å². The van der Waals surface area contributed by atoms with Gasteiger partial charge in [0.15, 0.2) is 0 Å². The van der Waals surface area contributed by atoms with Crippen LogP contribution in [-0.4, -0.2) is 8.76 Å². The molecule has 1 rings (SSSR count). The fourth-order valence-electron chi connectivity index (χ4n) is 1.04. The van der Waals surface area contributed by atoms with Crippen LogP contribution in [-0.2, 0) is 17.7 Å². The molecule has 15 heavy (non-hydrogen) atoms. The fraction of sp³-hybridized carbons (Fsp3) is 0.111. The maximum Gasteiger partial charge on any atom is 0.258 e. The van der Waals surface area contributed by atoms with Crippen molar-refractivity contribution in [2.45, 2.75) is 6.42 Å². The van der Waals surface area contributed by atoms with Crippen molar-refractivity contribution in [1.82, 2.24) is 4.72 Å². The van der Waals surface area contributed by atoms with Crippen LogP contribution in [0.1, 0.15) is 5.56 Å². The van der Waals surface area contributed by atoms with Gasteiger partial charge in [-0.25, -0.2) is 8.60 Å². The van der Waals surface area contributed by atoms with Crippen LogP contribution >= 0.6 is 0 Å². The average molecular weight is 230 g/mol. The zero-order valence-corrected chi connectivity index (χ0v) is 8.63. The first-order chi connectivity index (χ1) is 7.09. The molecule has 0 saturated heterocycles. The Kier molecular flexibility index (Phi) is 4.26. The second-order valence-corrected chi connectivity index (χ2v) is 3.55. The van der Waals surface area contributed by atoms with E-state index in [9.17, 15) is 8.60 Å². The Balaban J connectivity index is 2.60. The third-order valence-corrected chi connectivity index (χ3v) is 2.07. The van der Waals surface area contributed by atoms with E-state index >= 15 is 0 Å². The van der Waals surface area contributed by atoms with Crippen LogP contribution in [0.15, 0.2) is 30.5 Å². The molecule has 0 spiro atoms. The zero-order valence-electron chi connectivity index (χ0n) is 7.81. The number of halogens is 1. The molecule has 0 amide bonds. The first kappa shape index (κ1) is 11.7. The van der Waals surface area contributed by atoms with Crippen LogP contribution in [0.2, 0.25) is 0 Å². The summed E-state index contributed by atoms with van der Waals surface area (Å²) in [5, 5.41) is 0. The lowest BCUT2D eigenvalue weighted by Gasteiger charge is -2.01. The summed E-state index contributed by atoms with van der Waals surface area (Å²) >= 11 is -2.08. The first-order valence-corrected chi connectivity index (χ1v) is 5.26. The van der Waals surface area contributed by atoms with Gasteiger partial charge in [-0.3, -0.25) is 9.27 Å². The van der Waals surface area contributed by atoms with Crippen molar-refractivity contribution in [3.05, 3.63) is 41.9 Å². The zero-order chi connectivity index (χ0) is 11.3. The highest BCUT2D eigenvalue weighted by atomic mass is 32.2. The smallest absolute Gasteiger partial charge is 0.258 e. The number of anilines is 1. The van der Waals surface area contributed by atoms with Gasteiger partial charge in [-0.15, -0.1) is 0 Å². The van der Waals surface area contributed by atoms with Gasteiger partial charge in [-0.1, -0.05) is 6.08 Å². The predicted octanol–water partition coefficient (Wildman–Crippen LogP) is 1.19. The Hall–Kier alpha value is -1.40. The minimum Gasteiger partial charge on any atom is -0.398 e. The lowest BCUT2D eigenvalue weighted by molar-refractivity contribution is 0.558. The molecule has 0 aliphatic rings. The third kappa shape index (κ3) is 4.09. The van der Waals surface area contributed by atoms with E-state index in [4.69, 9.17) is 10.3 Å². The molecule has 1 unspecified atom stereocenters. The van der Waals surface area contributed by atoms with E-state index < -0.39 is 11.3 Å². The summed E-state index contributed by atoms with van der Waals surface area (Å²) in [5.41, 5.74) is 6.73. The average Bonchev–Trinajstić information content (AvgIpc) is 2.17. The quantitative estimate of drug-likeness (QED) is 0.537. The number of rotatable bonds is 4. The van der Waals surface area contributed by atoms with Gasteiger partial charge in [-0.05, 0) is 30.2 Å². The van der Waals surface area contributed by atoms with E-state index in [-0.39, 0.29) is 5.82 Å². The molecule has 0 radical (unpaired) electrons. The maximum atomic E-state index is 12.8. The number of benzene rings is 1. The van der Waals surface area contributed by atoms with Crippen LogP contribution in [0.3, 0.4) is 0 Å². The standard InChI is InChI=1S/C9H11FN2O2S/c10-8-3-4-9(11)7(6-8)2-1-5-12-15(13)14/h1,3-6,12H,2,11H2,(H,13,14)/b5-1+. The number of hydrogen-bond donors (Lipinski definition) is 3. The molecule has 0 bridgehead atoms. The van der Waals surface area contributed by atoms with Crippen molar-refractivity contribution in [3.63, 3.8) is 0 Å². The van der Waals surface area contributed by atoms with Crippen molar-refractivity contribution in [3.8, 4) is 0 Å². The SMILES string of the molecule is Nc1ccc(F)cc1C/C=C/NS(=O)O. The molecule has 0 saturated carbocycles. The fourth-order valence-corrected chi connectivity index (χ4v) is 1.26. The minimum atomic E-state index is -2.08. The molecule has 0 fully saturated rings. The van der Waals surface area contributed by atoms with Crippen LogP contribution in [0.5, 0.6) is 0 Å². The second-order valence-electron chi connectivity index (χ2n) is 2.82.